The molecule has 0 aliphatic carbocycles. The molecule has 0 aromatic carbocycles. The minimum absolute atomic E-state index is 0.174. The number of amides is 1. The van der Waals surface area contributed by atoms with Crippen LogP contribution in [0.25, 0.3) is 0 Å². The third kappa shape index (κ3) is 3.81. The van der Waals surface area contributed by atoms with Gasteiger partial charge in [0.2, 0.25) is 5.91 Å². The second-order valence-corrected chi connectivity index (χ2v) is 4.98. The number of hydrogen-bond donors (Lipinski definition) is 2. The van der Waals surface area contributed by atoms with Gasteiger partial charge in [-0.15, -0.1) is 0 Å². The van der Waals surface area contributed by atoms with Crippen LogP contribution >= 0.6 is 27.7 Å². The fourth-order valence-corrected chi connectivity index (χ4v) is 2.12. The lowest BCUT2D eigenvalue weighted by molar-refractivity contribution is -0.120. The molecule has 1 atom stereocenters. The van der Waals surface area contributed by atoms with Crippen LogP contribution in [0.5, 0.6) is 0 Å². The second-order valence-electron chi connectivity index (χ2n) is 2.84. The van der Waals surface area contributed by atoms with E-state index in [0.717, 1.165) is 9.50 Å². The van der Waals surface area contributed by atoms with Crippen molar-refractivity contribution < 1.29 is 4.79 Å². The van der Waals surface area contributed by atoms with Gasteiger partial charge in [0.15, 0.2) is 0 Å². The highest BCUT2D eigenvalue weighted by Gasteiger charge is 2.16. The van der Waals surface area contributed by atoms with Gasteiger partial charge in [-0.1, -0.05) is 18.7 Å². The minimum atomic E-state index is -0.191. The molecule has 0 radical (unpaired) electrons. The summed E-state index contributed by atoms with van der Waals surface area (Å²) in [6, 6.07) is 3.75. The molecular formula is C9H12BrN3OS. The summed E-state index contributed by atoms with van der Waals surface area (Å²) in [7, 11) is 0. The quantitative estimate of drug-likeness (QED) is 0.383. The molecule has 82 valence electrons. The Morgan fingerprint density at radius 3 is 2.93 bits per heavy atom. The van der Waals surface area contributed by atoms with E-state index in [1.54, 1.807) is 6.20 Å². The van der Waals surface area contributed by atoms with Gasteiger partial charge in [0.1, 0.15) is 0 Å². The van der Waals surface area contributed by atoms with E-state index in [4.69, 9.17) is 5.84 Å². The second kappa shape index (κ2) is 6.09. The topological polar surface area (TPSA) is 68.0 Å². The molecule has 0 fully saturated rings. The minimum Gasteiger partial charge on any atom is -0.293 e. The Morgan fingerprint density at radius 1 is 1.73 bits per heavy atom. The van der Waals surface area contributed by atoms with Gasteiger partial charge >= 0.3 is 0 Å². The number of rotatable bonds is 4. The summed E-state index contributed by atoms with van der Waals surface area (Å²) in [4.78, 5) is 15.5. The SMILES string of the molecule is CCC(Sc1ccc(Br)cn1)C(=O)NN. The third-order valence-corrected chi connectivity index (χ3v) is 3.55. The molecule has 4 nitrogen and oxygen atoms in total. The molecule has 0 aliphatic rings. The maximum absolute atomic E-state index is 11.3. The van der Waals surface area contributed by atoms with Crippen LogP contribution in [0.2, 0.25) is 0 Å². The van der Waals surface area contributed by atoms with E-state index >= 15 is 0 Å². The van der Waals surface area contributed by atoms with Crippen molar-refractivity contribution in [1.82, 2.24) is 10.4 Å². The molecule has 15 heavy (non-hydrogen) atoms. The molecule has 1 heterocycles. The van der Waals surface area contributed by atoms with Crippen LogP contribution < -0.4 is 11.3 Å². The van der Waals surface area contributed by atoms with Crippen molar-refractivity contribution in [3.8, 4) is 0 Å². The fourth-order valence-electron chi connectivity index (χ4n) is 0.993. The third-order valence-electron chi connectivity index (χ3n) is 1.77. The van der Waals surface area contributed by atoms with Crippen molar-refractivity contribution in [3.05, 3.63) is 22.8 Å². The summed E-state index contributed by atoms with van der Waals surface area (Å²) in [5.41, 5.74) is 2.15. The highest BCUT2D eigenvalue weighted by atomic mass is 79.9. The summed E-state index contributed by atoms with van der Waals surface area (Å²) in [6.45, 7) is 1.94. The number of nitrogens with two attached hydrogens (primary N) is 1. The van der Waals surface area contributed by atoms with Crippen LogP contribution in [0, 0.1) is 0 Å². The molecule has 0 bridgehead atoms. The number of carbonyl (C=O) groups is 1. The number of nitrogens with zero attached hydrogens (tertiary/aromatic N) is 1. The molecule has 1 aromatic heterocycles. The first-order chi connectivity index (χ1) is 7.17. The molecule has 0 spiro atoms. The fraction of sp³-hybridized carbons (Fsp3) is 0.333. The maximum Gasteiger partial charge on any atom is 0.247 e. The molecule has 1 unspecified atom stereocenters. The predicted molar refractivity (Wildman–Crippen MR) is 64.2 cm³/mol. The molecule has 0 aliphatic heterocycles. The number of nitrogens with one attached hydrogen (secondary N) is 1. The van der Waals surface area contributed by atoms with E-state index in [1.807, 2.05) is 19.1 Å². The summed E-state index contributed by atoms with van der Waals surface area (Å²) in [5, 5.41) is 0.623. The van der Waals surface area contributed by atoms with Crippen LogP contribution in [0.3, 0.4) is 0 Å². The monoisotopic (exact) mass is 289 g/mol. The number of halogens is 1. The van der Waals surface area contributed by atoms with E-state index in [9.17, 15) is 4.79 Å². The molecule has 1 rings (SSSR count). The number of carbonyl (C=O) groups excluding carboxylic acids is 1. The summed E-state index contributed by atoms with van der Waals surface area (Å²) in [6.07, 6.45) is 2.42. The van der Waals surface area contributed by atoms with Crippen LogP contribution in [0.1, 0.15) is 13.3 Å². The smallest absolute Gasteiger partial charge is 0.247 e. The highest BCUT2D eigenvalue weighted by molar-refractivity contribution is 9.10. The van der Waals surface area contributed by atoms with Gasteiger partial charge in [0.05, 0.1) is 10.3 Å². The van der Waals surface area contributed by atoms with Crippen molar-refractivity contribution in [2.45, 2.75) is 23.6 Å². The normalized spacial score (nSPS) is 12.2. The Balaban J connectivity index is 2.66. The first-order valence-corrected chi connectivity index (χ1v) is 6.13. The van der Waals surface area contributed by atoms with E-state index in [2.05, 4.69) is 26.3 Å². The van der Waals surface area contributed by atoms with Crippen LogP contribution in [0.15, 0.2) is 27.8 Å². The standard InChI is InChI=1S/C9H12BrN3OS/c1-2-7(9(14)13-11)15-8-4-3-6(10)5-12-8/h3-5,7H,2,11H2,1H3,(H,13,14). The lowest BCUT2D eigenvalue weighted by Gasteiger charge is -2.11. The Labute approximate surface area is 101 Å². The number of aromatic nitrogens is 1. The van der Waals surface area contributed by atoms with Gasteiger partial charge in [0.25, 0.3) is 0 Å². The molecule has 0 saturated carbocycles. The van der Waals surface area contributed by atoms with Crippen LogP contribution in [0.4, 0.5) is 0 Å². The number of hydrogen-bond acceptors (Lipinski definition) is 4. The van der Waals surface area contributed by atoms with E-state index < -0.39 is 0 Å². The average Bonchev–Trinajstić information content (AvgIpc) is 2.27. The first-order valence-electron chi connectivity index (χ1n) is 4.46. The Morgan fingerprint density at radius 2 is 2.47 bits per heavy atom. The van der Waals surface area contributed by atoms with Gasteiger partial charge in [0, 0.05) is 10.7 Å². The van der Waals surface area contributed by atoms with Gasteiger partial charge in [-0.2, -0.15) is 0 Å². The predicted octanol–water partition coefficient (Wildman–Crippen LogP) is 1.70. The largest absolute Gasteiger partial charge is 0.293 e. The Bertz CT molecular complexity index is 331. The van der Waals surface area contributed by atoms with Crippen molar-refractivity contribution in [1.29, 1.82) is 0 Å². The van der Waals surface area contributed by atoms with Crippen molar-refractivity contribution >= 4 is 33.6 Å². The zero-order chi connectivity index (χ0) is 11.3. The molecular weight excluding hydrogens is 278 g/mol. The Hall–Kier alpha value is -0.590. The van der Waals surface area contributed by atoms with Gasteiger partial charge in [-0.3, -0.25) is 10.2 Å². The van der Waals surface area contributed by atoms with Crippen molar-refractivity contribution in [3.63, 3.8) is 0 Å². The highest BCUT2D eigenvalue weighted by Crippen LogP contribution is 2.24. The zero-order valence-electron chi connectivity index (χ0n) is 8.24. The number of thioether (sulfide) groups is 1. The molecule has 3 N–H and O–H groups in total. The first kappa shape index (κ1) is 12.5. The summed E-state index contributed by atoms with van der Waals surface area (Å²) >= 11 is 4.71. The van der Waals surface area contributed by atoms with Crippen molar-refractivity contribution in [2.75, 3.05) is 0 Å². The van der Waals surface area contributed by atoms with E-state index in [-0.39, 0.29) is 11.2 Å². The molecule has 6 heteroatoms. The van der Waals surface area contributed by atoms with Gasteiger partial charge < -0.3 is 0 Å². The number of pyridine rings is 1. The van der Waals surface area contributed by atoms with Crippen LogP contribution in [-0.2, 0) is 4.79 Å². The van der Waals surface area contributed by atoms with Crippen LogP contribution in [-0.4, -0.2) is 16.1 Å². The Kier molecular flexibility index (Phi) is 5.07. The van der Waals surface area contributed by atoms with E-state index in [1.165, 1.54) is 11.8 Å². The van der Waals surface area contributed by atoms with E-state index in [0.29, 0.717) is 6.42 Å². The lowest BCUT2D eigenvalue weighted by atomic mass is 10.3. The molecule has 0 saturated heterocycles. The molecule has 1 amide bonds. The number of hydrazine groups is 1. The molecule has 1 aromatic rings. The van der Waals surface area contributed by atoms with Gasteiger partial charge in [-0.05, 0) is 34.5 Å². The van der Waals surface area contributed by atoms with Crippen molar-refractivity contribution in [2.24, 2.45) is 5.84 Å². The maximum atomic E-state index is 11.3. The average molecular weight is 290 g/mol. The summed E-state index contributed by atoms with van der Waals surface area (Å²) < 4.78 is 0.920. The van der Waals surface area contributed by atoms with Gasteiger partial charge in [-0.25, -0.2) is 10.8 Å². The lowest BCUT2D eigenvalue weighted by Crippen LogP contribution is -2.37. The summed E-state index contributed by atoms with van der Waals surface area (Å²) in [5.74, 6) is 4.91. The zero-order valence-corrected chi connectivity index (χ0v) is 10.6.